The van der Waals surface area contributed by atoms with Gasteiger partial charge in [-0.25, -0.2) is 0 Å². The minimum atomic E-state index is 0.548. The maximum Gasteiger partial charge on any atom is 0.0653 e. The van der Waals surface area contributed by atoms with Gasteiger partial charge in [0.15, 0.2) is 0 Å². The average Bonchev–Trinajstić information content (AvgIpc) is 2.20. The van der Waals surface area contributed by atoms with E-state index >= 15 is 0 Å². The summed E-state index contributed by atoms with van der Waals surface area (Å²) < 4.78 is 0. The van der Waals surface area contributed by atoms with Gasteiger partial charge in [0.2, 0.25) is 0 Å². The minimum absolute atomic E-state index is 0.548. The average molecular weight is 154 g/mol. The van der Waals surface area contributed by atoms with Gasteiger partial charge in [-0.2, -0.15) is 0 Å². The van der Waals surface area contributed by atoms with Crippen molar-refractivity contribution in [1.29, 1.82) is 0 Å². The van der Waals surface area contributed by atoms with Crippen LogP contribution in [0.3, 0.4) is 0 Å². The molecule has 2 atom stereocenters. The molecule has 0 aromatic rings. The van der Waals surface area contributed by atoms with Crippen LogP contribution in [0.25, 0.3) is 0 Å². The molecular formula is C8H12BCl. The lowest BCUT2D eigenvalue weighted by atomic mass is 9.87. The Morgan fingerprint density at radius 2 is 2.50 bits per heavy atom. The van der Waals surface area contributed by atoms with E-state index in [1.807, 2.05) is 0 Å². The van der Waals surface area contributed by atoms with Crippen molar-refractivity contribution in [3.05, 3.63) is 11.1 Å². The highest BCUT2D eigenvalue weighted by atomic mass is 35.5. The van der Waals surface area contributed by atoms with Crippen LogP contribution in [0.1, 0.15) is 19.8 Å². The third-order valence-electron chi connectivity index (χ3n) is 2.20. The van der Waals surface area contributed by atoms with E-state index in [9.17, 15) is 0 Å². The van der Waals surface area contributed by atoms with Crippen molar-refractivity contribution < 1.29 is 0 Å². The minimum Gasteiger partial charge on any atom is -0.0892 e. The number of hydrogen-bond acceptors (Lipinski definition) is 0. The Morgan fingerprint density at radius 3 is 2.90 bits per heavy atom. The van der Waals surface area contributed by atoms with Gasteiger partial charge in [-0.15, -0.1) is 0 Å². The van der Waals surface area contributed by atoms with Crippen LogP contribution < -0.4 is 0 Å². The normalized spacial score (nSPS) is 32.4. The molecule has 2 unspecified atom stereocenters. The highest BCUT2D eigenvalue weighted by Crippen LogP contribution is 2.36. The Morgan fingerprint density at radius 1 is 1.80 bits per heavy atom. The van der Waals surface area contributed by atoms with Crippen LogP contribution in [0, 0.1) is 11.8 Å². The van der Waals surface area contributed by atoms with Gasteiger partial charge in [-0.1, -0.05) is 37.3 Å². The van der Waals surface area contributed by atoms with Gasteiger partial charge in [-0.05, 0) is 18.3 Å². The summed E-state index contributed by atoms with van der Waals surface area (Å²) in [7, 11) is 5.45. The maximum atomic E-state index is 5.96. The van der Waals surface area contributed by atoms with Gasteiger partial charge >= 0.3 is 0 Å². The Kier molecular flexibility index (Phi) is 2.85. The van der Waals surface area contributed by atoms with Gasteiger partial charge < -0.3 is 0 Å². The van der Waals surface area contributed by atoms with Crippen LogP contribution in [-0.4, -0.2) is 7.85 Å². The fraction of sp³-hybridized carbons (Fsp3) is 0.750. The summed E-state index contributed by atoms with van der Waals surface area (Å²) in [5, 5.41) is 1.03. The molecule has 2 heteroatoms. The van der Waals surface area contributed by atoms with E-state index in [1.54, 1.807) is 0 Å². The fourth-order valence-electron chi connectivity index (χ4n) is 1.49. The summed E-state index contributed by atoms with van der Waals surface area (Å²) in [4.78, 5) is 0. The van der Waals surface area contributed by atoms with E-state index < -0.39 is 0 Å². The second-order valence-corrected chi connectivity index (χ2v) is 3.42. The first-order valence-electron chi connectivity index (χ1n) is 3.81. The van der Waals surface area contributed by atoms with Gasteiger partial charge in [0.1, 0.15) is 0 Å². The molecule has 2 radical (unpaired) electrons. The van der Waals surface area contributed by atoms with Crippen molar-refractivity contribution >= 4 is 19.4 Å². The monoisotopic (exact) mass is 154 g/mol. The van der Waals surface area contributed by atoms with Gasteiger partial charge in [-0.3, -0.25) is 0 Å². The standard InChI is InChI=1S/C8H12BCl/c1-6-2-3-8(10)7(6)4-5-9/h3,6-7H,2,4-5H2,1H3. The predicted octanol–water partition coefficient (Wildman–Crippen LogP) is 2.74. The van der Waals surface area contributed by atoms with Crippen molar-refractivity contribution in [3.63, 3.8) is 0 Å². The zero-order chi connectivity index (χ0) is 7.56. The quantitative estimate of drug-likeness (QED) is 0.537. The number of allylic oxidation sites excluding steroid dienone is 2. The summed E-state index contributed by atoms with van der Waals surface area (Å²) >= 11 is 5.96. The van der Waals surface area contributed by atoms with Crippen LogP contribution in [0.15, 0.2) is 11.1 Å². The smallest absolute Gasteiger partial charge is 0.0653 e. The van der Waals surface area contributed by atoms with Gasteiger partial charge in [0.05, 0.1) is 7.85 Å². The molecular weight excluding hydrogens is 142 g/mol. The predicted molar refractivity (Wildman–Crippen MR) is 46.4 cm³/mol. The second-order valence-electron chi connectivity index (χ2n) is 2.99. The van der Waals surface area contributed by atoms with Crippen molar-refractivity contribution in [2.45, 2.75) is 26.1 Å². The molecule has 0 N–H and O–H groups in total. The first-order chi connectivity index (χ1) is 4.75. The summed E-state index contributed by atoms with van der Waals surface area (Å²) in [6.45, 7) is 2.23. The van der Waals surface area contributed by atoms with Crippen LogP contribution in [0.4, 0.5) is 0 Å². The molecule has 0 amide bonds. The van der Waals surface area contributed by atoms with Crippen LogP contribution >= 0.6 is 11.6 Å². The number of halogens is 1. The highest BCUT2D eigenvalue weighted by Gasteiger charge is 2.23. The zero-order valence-electron chi connectivity index (χ0n) is 6.31. The molecule has 0 aromatic heterocycles. The Bertz CT molecular complexity index is 142. The van der Waals surface area contributed by atoms with Gasteiger partial charge in [0.25, 0.3) is 0 Å². The molecule has 0 nitrogen and oxygen atoms in total. The first kappa shape index (κ1) is 8.19. The summed E-state index contributed by atoms with van der Waals surface area (Å²) in [5.74, 6) is 1.25. The molecule has 0 heterocycles. The van der Waals surface area contributed by atoms with Crippen LogP contribution in [0.2, 0.25) is 6.32 Å². The molecule has 0 aliphatic heterocycles. The second kappa shape index (κ2) is 3.48. The van der Waals surface area contributed by atoms with E-state index in [0.717, 1.165) is 24.2 Å². The molecule has 10 heavy (non-hydrogen) atoms. The molecule has 1 aliphatic rings. The summed E-state index contributed by atoms with van der Waals surface area (Å²) in [6, 6.07) is 0. The van der Waals surface area contributed by atoms with E-state index in [2.05, 4.69) is 13.0 Å². The van der Waals surface area contributed by atoms with Crippen molar-refractivity contribution in [3.8, 4) is 0 Å². The highest BCUT2D eigenvalue weighted by molar-refractivity contribution is 6.30. The van der Waals surface area contributed by atoms with Crippen molar-refractivity contribution in [2.75, 3.05) is 0 Å². The molecule has 0 saturated heterocycles. The molecule has 0 bridgehead atoms. The summed E-state index contributed by atoms with van der Waals surface area (Å²) in [6.07, 6.45) is 5.03. The molecule has 1 rings (SSSR count). The number of hydrogen-bond donors (Lipinski definition) is 0. The number of rotatable bonds is 2. The van der Waals surface area contributed by atoms with Crippen molar-refractivity contribution in [1.82, 2.24) is 0 Å². The summed E-state index contributed by atoms with van der Waals surface area (Å²) in [5.41, 5.74) is 0. The van der Waals surface area contributed by atoms with Gasteiger partial charge in [0, 0.05) is 5.03 Å². The molecule has 1 aliphatic carbocycles. The molecule has 0 aromatic carbocycles. The van der Waals surface area contributed by atoms with Crippen LogP contribution in [-0.2, 0) is 0 Å². The zero-order valence-corrected chi connectivity index (χ0v) is 7.06. The molecule has 0 spiro atoms. The SMILES string of the molecule is [B]CCC1C(Cl)=CCC1C. The molecule has 54 valence electrons. The third-order valence-corrected chi connectivity index (χ3v) is 2.64. The van der Waals surface area contributed by atoms with E-state index in [0.29, 0.717) is 11.8 Å². The lowest BCUT2D eigenvalue weighted by Crippen LogP contribution is -2.05. The largest absolute Gasteiger partial charge is 0.0892 e. The lowest BCUT2D eigenvalue weighted by molar-refractivity contribution is 0.445. The maximum absolute atomic E-state index is 5.96. The Balaban J connectivity index is 2.47. The lowest BCUT2D eigenvalue weighted by Gasteiger charge is -2.14. The van der Waals surface area contributed by atoms with E-state index in [-0.39, 0.29) is 0 Å². The van der Waals surface area contributed by atoms with E-state index in [1.165, 1.54) is 0 Å². The Hall–Kier alpha value is 0.0949. The first-order valence-corrected chi connectivity index (χ1v) is 4.19. The molecule has 0 fully saturated rings. The van der Waals surface area contributed by atoms with Crippen LogP contribution in [0.5, 0.6) is 0 Å². The Labute approximate surface area is 69.1 Å². The fourth-order valence-corrected chi connectivity index (χ4v) is 1.90. The topological polar surface area (TPSA) is 0 Å². The third kappa shape index (κ3) is 1.57. The van der Waals surface area contributed by atoms with E-state index in [4.69, 9.17) is 19.4 Å². The molecule has 0 saturated carbocycles. The van der Waals surface area contributed by atoms with Crippen molar-refractivity contribution in [2.24, 2.45) is 11.8 Å².